The Hall–Kier alpha value is -4.53. The van der Waals surface area contributed by atoms with Crippen LogP contribution < -0.4 is 4.90 Å². The van der Waals surface area contributed by atoms with Gasteiger partial charge in [0, 0.05) is 48.1 Å². The summed E-state index contributed by atoms with van der Waals surface area (Å²) in [5, 5.41) is 4.18. The van der Waals surface area contributed by atoms with E-state index in [2.05, 4.69) is 15.1 Å². The molecule has 4 aromatic heterocycles. The summed E-state index contributed by atoms with van der Waals surface area (Å²) in [6.07, 6.45) is 6.32. The molecular formula is C26H17F3N6. The number of hydrogen-bond donors (Lipinski definition) is 0. The van der Waals surface area contributed by atoms with Crippen molar-refractivity contribution in [1.29, 1.82) is 0 Å². The fourth-order valence-corrected chi connectivity index (χ4v) is 4.17. The average Bonchev–Trinajstić information content (AvgIpc) is 3.43. The maximum Gasteiger partial charge on any atom is 0.416 e. The third-order valence-corrected chi connectivity index (χ3v) is 5.84. The largest absolute Gasteiger partial charge is 0.416 e. The van der Waals surface area contributed by atoms with Gasteiger partial charge in [-0.2, -0.15) is 18.3 Å². The highest BCUT2D eigenvalue weighted by atomic mass is 19.4. The lowest BCUT2D eigenvalue weighted by molar-refractivity contribution is -0.137. The van der Waals surface area contributed by atoms with Gasteiger partial charge < -0.3 is 4.90 Å². The highest BCUT2D eigenvalue weighted by molar-refractivity contribution is 5.97. The van der Waals surface area contributed by atoms with Crippen molar-refractivity contribution in [3.63, 3.8) is 0 Å². The Morgan fingerprint density at radius 3 is 2.60 bits per heavy atom. The number of fused-ring (bicyclic) bond motifs is 3. The Labute approximate surface area is 198 Å². The number of benzene rings is 1. The molecule has 0 spiro atoms. The highest BCUT2D eigenvalue weighted by Crippen LogP contribution is 2.39. The fraction of sp³-hybridized carbons (Fsp3) is 0.0769. The second kappa shape index (κ2) is 8.05. The number of hydrogen-bond acceptors (Lipinski definition) is 5. The Balaban J connectivity index is 1.46. The molecular weight excluding hydrogens is 453 g/mol. The van der Waals surface area contributed by atoms with Crippen molar-refractivity contribution < 1.29 is 13.2 Å². The van der Waals surface area contributed by atoms with Crippen molar-refractivity contribution in [1.82, 2.24) is 24.7 Å². The Kier molecular flexibility index (Phi) is 4.84. The van der Waals surface area contributed by atoms with Gasteiger partial charge in [-0.05, 0) is 48.5 Å². The molecule has 0 unspecified atom stereocenters. The number of nitrogens with zero attached hydrogens (tertiary/aromatic N) is 6. The molecule has 0 bridgehead atoms. The fourth-order valence-electron chi connectivity index (χ4n) is 4.17. The molecule has 5 aromatic rings. The zero-order valence-corrected chi connectivity index (χ0v) is 18.2. The summed E-state index contributed by atoms with van der Waals surface area (Å²) in [5.74, 6) is 0.680. The normalized spacial score (nSPS) is 13.3. The molecule has 0 atom stereocenters. The first-order chi connectivity index (χ1) is 17.0. The lowest BCUT2D eigenvalue weighted by Gasteiger charge is -2.29. The zero-order chi connectivity index (χ0) is 24.0. The maximum atomic E-state index is 13.4. The lowest BCUT2D eigenvalue weighted by Crippen LogP contribution is -2.22. The minimum atomic E-state index is -4.43. The Morgan fingerprint density at radius 1 is 0.914 bits per heavy atom. The molecule has 0 N–H and O–H groups in total. The molecule has 1 aromatic carbocycles. The monoisotopic (exact) mass is 470 g/mol. The van der Waals surface area contributed by atoms with E-state index < -0.39 is 11.7 Å². The molecule has 0 saturated carbocycles. The minimum absolute atomic E-state index is 0.416. The first-order valence-electron chi connectivity index (χ1n) is 10.8. The molecule has 0 aliphatic carbocycles. The predicted molar refractivity (Wildman–Crippen MR) is 127 cm³/mol. The lowest BCUT2D eigenvalue weighted by atomic mass is 10.1. The maximum absolute atomic E-state index is 13.4. The molecule has 35 heavy (non-hydrogen) atoms. The number of pyridine rings is 3. The third-order valence-electron chi connectivity index (χ3n) is 5.84. The Bertz CT molecular complexity index is 1560. The molecule has 6 rings (SSSR count). The summed E-state index contributed by atoms with van der Waals surface area (Å²) in [5.41, 5.74) is 4.01. The quantitative estimate of drug-likeness (QED) is 0.321. The van der Waals surface area contributed by atoms with E-state index >= 15 is 0 Å². The van der Waals surface area contributed by atoms with Gasteiger partial charge in [-0.15, -0.1) is 0 Å². The highest BCUT2D eigenvalue weighted by Gasteiger charge is 2.31. The van der Waals surface area contributed by atoms with Gasteiger partial charge in [0.1, 0.15) is 5.52 Å². The van der Waals surface area contributed by atoms with Crippen LogP contribution in [0.25, 0.3) is 34.2 Å². The van der Waals surface area contributed by atoms with E-state index in [-0.39, 0.29) is 0 Å². The summed E-state index contributed by atoms with van der Waals surface area (Å²) in [6.45, 7) is 0.416. The average molecular weight is 470 g/mol. The smallest absolute Gasteiger partial charge is 0.335 e. The van der Waals surface area contributed by atoms with E-state index in [4.69, 9.17) is 4.98 Å². The van der Waals surface area contributed by atoms with Gasteiger partial charge >= 0.3 is 6.18 Å². The molecule has 0 saturated heterocycles. The second-order valence-electron chi connectivity index (χ2n) is 8.04. The summed E-state index contributed by atoms with van der Waals surface area (Å²) >= 11 is 0. The van der Waals surface area contributed by atoms with Crippen molar-refractivity contribution in [2.45, 2.75) is 6.18 Å². The van der Waals surface area contributed by atoms with Gasteiger partial charge in [0.15, 0.2) is 5.82 Å². The van der Waals surface area contributed by atoms with Crippen LogP contribution in [0.3, 0.4) is 0 Å². The number of alkyl halides is 3. The number of halogens is 3. The van der Waals surface area contributed by atoms with Gasteiger partial charge in [-0.25, -0.2) is 14.6 Å². The van der Waals surface area contributed by atoms with Gasteiger partial charge in [0.05, 0.1) is 22.5 Å². The van der Waals surface area contributed by atoms with E-state index in [1.807, 2.05) is 53.6 Å². The van der Waals surface area contributed by atoms with E-state index in [1.54, 1.807) is 29.3 Å². The van der Waals surface area contributed by atoms with Crippen molar-refractivity contribution in [3.05, 3.63) is 96.6 Å². The standard InChI is InChI=1S/C26H17F3N6/c27-26(28,29)19-5-1-6-20(14-19)34-12-2-4-18-16-30-22-9-8-21(33-24(22)25(18)34)17-7-10-23(31-15-17)35-13-3-11-32-35/h1-11,13-16H,12H2. The van der Waals surface area contributed by atoms with Crippen LogP contribution in [0.1, 0.15) is 11.1 Å². The molecule has 172 valence electrons. The number of rotatable bonds is 3. The molecule has 1 aliphatic rings. The van der Waals surface area contributed by atoms with Crippen LogP contribution in [-0.4, -0.2) is 31.3 Å². The molecule has 1 aliphatic heterocycles. The van der Waals surface area contributed by atoms with Crippen LogP contribution in [-0.2, 0) is 6.18 Å². The Morgan fingerprint density at radius 2 is 1.83 bits per heavy atom. The van der Waals surface area contributed by atoms with Crippen LogP contribution in [0, 0.1) is 0 Å². The topological polar surface area (TPSA) is 59.7 Å². The SMILES string of the molecule is FC(F)(F)c1cccc(N2CC=Cc3cnc4ccc(-c5ccc(-n6cccn6)nc5)nc4c32)c1. The first-order valence-corrected chi connectivity index (χ1v) is 10.8. The number of anilines is 2. The minimum Gasteiger partial charge on any atom is -0.335 e. The number of aromatic nitrogens is 5. The van der Waals surface area contributed by atoms with Crippen molar-refractivity contribution in [2.24, 2.45) is 0 Å². The molecule has 0 fully saturated rings. The van der Waals surface area contributed by atoms with Crippen molar-refractivity contribution in [2.75, 3.05) is 11.4 Å². The molecule has 5 heterocycles. The van der Waals surface area contributed by atoms with Crippen LogP contribution in [0.5, 0.6) is 0 Å². The zero-order valence-electron chi connectivity index (χ0n) is 18.2. The van der Waals surface area contributed by atoms with Crippen LogP contribution in [0.15, 0.2) is 85.5 Å². The van der Waals surface area contributed by atoms with Crippen molar-refractivity contribution in [3.8, 4) is 17.1 Å². The predicted octanol–water partition coefficient (Wildman–Crippen LogP) is 6.06. The summed E-state index contributed by atoms with van der Waals surface area (Å²) in [7, 11) is 0. The summed E-state index contributed by atoms with van der Waals surface area (Å²) in [6, 6.07) is 14.6. The van der Waals surface area contributed by atoms with Crippen LogP contribution in [0.4, 0.5) is 24.5 Å². The van der Waals surface area contributed by atoms with Gasteiger partial charge in [-0.1, -0.05) is 18.2 Å². The van der Waals surface area contributed by atoms with E-state index in [1.165, 1.54) is 6.07 Å². The molecule has 0 radical (unpaired) electrons. The van der Waals surface area contributed by atoms with Crippen LogP contribution >= 0.6 is 0 Å². The third kappa shape index (κ3) is 3.80. The van der Waals surface area contributed by atoms with E-state index in [0.717, 1.165) is 28.9 Å². The van der Waals surface area contributed by atoms with Crippen LogP contribution in [0.2, 0.25) is 0 Å². The van der Waals surface area contributed by atoms with Gasteiger partial charge in [0.25, 0.3) is 0 Å². The van der Waals surface area contributed by atoms with E-state index in [0.29, 0.717) is 34.8 Å². The molecule has 6 nitrogen and oxygen atoms in total. The first kappa shape index (κ1) is 21.0. The molecule has 0 amide bonds. The second-order valence-corrected chi connectivity index (χ2v) is 8.04. The van der Waals surface area contributed by atoms with E-state index in [9.17, 15) is 13.2 Å². The summed E-state index contributed by atoms with van der Waals surface area (Å²) < 4.78 is 41.8. The van der Waals surface area contributed by atoms with Gasteiger partial charge in [-0.3, -0.25) is 4.98 Å². The van der Waals surface area contributed by atoms with Gasteiger partial charge in [0.2, 0.25) is 0 Å². The summed E-state index contributed by atoms with van der Waals surface area (Å²) in [4.78, 5) is 15.7. The van der Waals surface area contributed by atoms with Crippen molar-refractivity contribution >= 4 is 28.5 Å². The molecule has 9 heteroatoms.